The zero-order chi connectivity index (χ0) is 10.0. The first-order valence-corrected chi connectivity index (χ1v) is 5.17. The quantitative estimate of drug-likeness (QED) is 0.793. The second-order valence-corrected chi connectivity index (χ2v) is 4.30. The molecule has 1 heterocycles. The van der Waals surface area contributed by atoms with Gasteiger partial charge in [0.1, 0.15) is 5.82 Å². The van der Waals surface area contributed by atoms with Crippen LogP contribution in [-0.4, -0.2) is 18.1 Å². The fourth-order valence-corrected chi connectivity index (χ4v) is 1.21. The van der Waals surface area contributed by atoms with E-state index in [4.69, 9.17) is 0 Å². The molecular formula is C10H15BrN2. The van der Waals surface area contributed by atoms with Crippen LogP contribution in [-0.2, 0) is 0 Å². The van der Waals surface area contributed by atoms with Crippen LogP contribution in [0, 0.1) is 6.92 Å². The van der Waals surface area contributed by atoms with Crippen LogP contribution in [0.4, 0.5) is 5.82 Å². The monoisotopic (exact) mass is 242 g/mol. The summed E-state index contributed by atoms with van der Waals surface area (Å²) in [4.78, 5) is 6.63. The van der Waals surface area contributed by atoms with Crippen LogP contribution in [0.5, 0.6) is 0 Å². The fourth-order valence-electron chi connectivity index (χ4n) is 0.992. The van der Waals surface area contributed by atoms with Gasteiger partial charge in [0.15, 0.2) is 0 Å². The van der Waals surface area contributed by atoms with Crippen molar-refractivity contribution in [1.82, 2.24) is 4.98 Å². The number of pyridine rings is 1. The Hall–Kier alpha value is -0.570. The summed E-state index contributed by atoms with van der Waals surface area (Å²) in [6.07, 6.45) is 0. The van der Waals surface area contributed by atoms with Gasteiger partial charge in [-0.1, -0.05) is 0 Å². The van der Waals surface area contributed by atoms with E-state index >= 15 is 0 Å². The molecule has 1 aromatic heterocycles. The maximum atomic E-state index is 4.47. The third-order valence-electron chi connectivity index (χ3n) is 2.14. The molecule has 2 nitrogen and oxygen atoms in total. The van der Waals surface area contributed by atoms with Crippen molar-refractivity contribution in [2.45, 2.75) is 26.8 Å². The Morgan fingerprint density at radius 3 is 2.46 bits per heavy atom. The Morgan fingerprint density at radius 1 is 1.38 bits per heavy atom. The van der Waals surface area contributed by atoms with Gasteiger partial charge in [0.05, 0.1) is 5.69 Å². The van der Waals surface area contributed by atoms with Gasteiger partial charge in [-0.25, -0.2) is 4.98 Å². The van der Waals surface area contributed by atoms with Crippen molar-refractivity contribution in [1.29, 1.82) is 0 Å². The van der Waals surface area contributed by atoms with E-state index in [2.05, 4.69) is 46.7 Å². The molecule has 0 bridgehead atoms. The number of anilines is 1. The standard InChI is InChI=1S/C10H15BrN2/c1-7(2)13(4)10-6-5-9(11)8(3)12-10/h5-7H,1-4H3. The van der Waals surface area contributed by atoms with Gasteiger partial charge in [0, 0.05) is 17.6 Å². The summed E-state index contributed by atoms with van der Waals surface area (Å²) in [5.74, 6) is 1.02. The summed E-state index contributed by atoms with van der Waals surface area (Å²) in [7, 11) is 2.06. The van der Waals surface area contributed by atoms with Gasteiger partial charge in [0.2, 0.25) is 0 Å². The van der Waals surface area contributed by atoms with Gasteiger partial charge >= 0.3 is 0 Å². The highest BCUT2D eigenvalue weighted by molar-refractivity contribution is 9.10. The molecule has 0 N–H and O–H groups in total. The number of aromatic nitrogens is 1. The molecule has 0 aliphatic rings. The van der Waals surface area contributed by atoms with Crippen LogP contribution in [0.3, 0.4) is 0 Å². The molecule has 1 aromatic rings. The predicted octanol–water partition coefficient (Wildman–Crippen LogP) is 3.00. The molecule has 0 fully saturated rings. The Labute approximate surface area is 88.1 Å². The van der Waals surface area contributed by atoms with E-state index in [0.29, 0.717) is 6.04 Å². The largest absolute Gasteiger partial charge is 0.357 e. The molecule has 72 valence electrons. The van der Waals surface area contributed by atoms with Crippen molar-refractivity contribution in [2.75, 3.05) is 11.9 Å². The lowest BCUT2D eigenvalue weighted by atomic mass is 10.3. The fraction of sp³-hybridized carbons (Fsp3) is 0.500. The summed E-state index contributed by atoms with van der Waals surface area (Å²) in [5, 5.41) is 0. The predicted molar refractivity (Wildman–Crippen MR) is 60.2 cm³/mol. The second-order valence-electron chi connectivity index (χ2n) is 3.44. The van der Waals surface area contributed by atoms with E-state index in [-0.39, 0.29) is 0 Å². The van der Waals surface area contributed by atoms with Gasteiger partial charge in [-0.05, 0) is 48.8 Å². The van der Waals surface area contributed by atoms with E-state index in [1.54, 1.807) is 0 Å². The summed E-state index contributed by atoms with van der Waals surface area (Å²) in [6, 6.07) is 4.54. The summed E-state index contributed by atoms with van der Waals surface area (Å²) in [6.45, 7) is 6.31. The first-order valence-electron chi connectivity index (χ1n) is 4.38. The number of halogens is 1. The van der Waals surface area contributed by atoms with Crippen LogP contribution in [0.15, 0.2) is 16.6 Å². The van der Waals surface area contributed by atoms with Crippen molar-refractivity contribution in [2.24, 2.45) is 0 Å². The zero-order valence-corrected chi connectivity index (χ0v) is 10.1. The highest BCUT2D eigenvalue weighted by Crippen LogP contribution is 2.19. The van der Waals surface area contributed by atoms with E-state index in [9.17, 15) is 0 Å². The van der Waals surface area contributed by atoms with E-state index in [1.807, 2.05) is 19.1 Å². The van der Waals surface area contributed by atoms with Gasteiger partial charge in [-0.15, -0.1) is 0 Å². The maximum absolute atomic E-state index is 4.47. The van der Waals surface area contributed by atoms with Gasteiger partial charge in [0.25, 0.3) is 0 Å². The van der Waals surface area contributed by atoms with Crippen LogP contribution in [0.2, 0.25) is 0 Å². The highest BCUT2D eigenvalue weighted by atomic mass is 79.9. The molecule has 0 aliphatic heterocycles. The first kappa shape index (κ1) is 10.5. The number of aryl methyl sites for hydroxylation is 1. The second kappa shape index (κ2) is 4.09. The van der Waals surface area contributed by atoms with E-state index in [1.165, 1.54) is 0 Å². The smallest absolute Gasteiger partial charge is 0.128 e. The van der Waals surface area contributed by atoms with Crippen LogP contribution >= 0.6 is 15.9 Å². The van der Waals surface area contributed by atoms with E-state index < -0.39 is 0 Å². The van der Waals surface area contributed by atoms with Crippen molar-refractivity contribution in [3.63, 3.8) is 0 Å². The summed E-state index contributed by atoms with van der Waals surface area (Å²) >= 11 is 3.43. The van der Waals surface area contributed by atoms with Crippen molar-refractivity contribution in [3.8, 4) is 0 Å². The molecule has 0 spiro atoms. The summed E-state index contributed by atoms with van der Waals surface area (Å²) in [5.41, 5.74) is 1.03. The van der Waals surface area contributed by atoms with Gasteiger partial charge < -0.3 is 4.90 Å². The maximum Gasteiger partial charge on any atom is 0.128 e. The third kappa shape index (κ3) is 2.44. The summed E-state index contributed by atoms with van der Waals surface area (Å²) < 4.78 is 1.06. The number of hydrogen-bond donors (Lipinski definition) is 0. The molecule has 0 amide bonds. The van der Waals surface area contributed by atoms with Crippen molar-refractivity contribution < 1.29 is 0 Å². The topological polar surface area (TPSA) is 16.1 Å². The van der Waals surface area contributed by atoms with Gasteiger partial charge in [-0.3, -0.25) is 0 Å². The number of nitrogens with zero attached hydrogens (tertiary/aromatic N) is 2. The lowest BCUT2D eigenvalue weighted by Crippen LogP contribution is -2.26. The lowest BCUT2D eigenvalue weighted by Gasteiger charge is -2.22. The molecule has 0 atom stereocenters. The Balaban J connectivity index is 2.97. The van der Waals surface area contributed by atoms with E-state index in [0.717, 1.165) is 16.0 Å². The van der Waals surface area contributed by atoms with Crippen molar-refractivity contribution in [3.05, 3.63) is 22.3 Å². The average molecular weight is 243 g/mol. The molecule has 13 heavy (non-hydrogen) atoms. The first-order chi connectivity index (χ1) is 6.02. The SMILES string of the molecule is Cc1nc(N(C)C(C)C)ccc1Br. The van der Waals surface area contributed by atoms with Crippen LogP contribution < -0.4 is 4.90 Å². The molecule has 0 radical (unpaired) electrons. The minimum atomic E-state index is 0.480. The van der Waals surface area contributed by atoms with Crippen LogP contribution in [0.25, 0.3) is 0 Å². The normalized spacial score (nSPS) is 10.6. The molecule has 0 saturated carbocycles. The zero-order valence-electron chi connectivity index (χ0n) is 8.50. The van der Waals surface area contributed by atoms with Crippen molar-refractivity contribution >= 4 is 21.7 Å². The molecule has 0 aromatic carbocycles. The number of hydrogen-bond acceptors (Lipinski definition) is 2. The third-order valence-corrected chi connectivity index (χ3v) is 2.98. The Morgan fingerprint density at radius 2 is 2.00 bits per heavy atom. The molecular weight excluding hydrogens is 228 g/mol. The molecule has 0 unspecified atom stereocenters. The Kier molecular flexibility index (Phi) is 3.31. The Bertz CT molecular complexity index is 297. The average Bonchev–Trinajstić information content (AvgIpc) is 2.08. The van der Waals surface area contributed by atoms with Crippen LogP contribution in [0.1, 0.15) is 19.5 Å². The molecule has 0 aliphatic carbocycles. The molecule has 0 saturated heterocycles. The van der Waals surface area contributed by atoms with Gasteiger partial charge in [-0.2, -0.15) is 0 Å². The lowest BCUT2D eigenvalue weighted by molar-refractivity contribution is 0.741. The highest BCUT2D eigenvalue weighted by Gasteiger charge is 2.06. The molecule has 1 rings (SSSR count). The minimum Gasteiger partial charge on any atom is -0.357 e. The number of rotatable bonds is 2. The minimum absolute atomic E-state index is 0.480. The molecule has 3 heteroatoms.